The largest absolute Gasteiger partial charge is 0.493 e. The average molecular weight is 373 g/mol. The summed E-state index contributed by atoms with van der Waals surface area (Å²) in [7, 11) is 2.14. The molecule has 0 aromatic heterocycles. The summed E-state index contributed by atoms with van der Waals surface area (Å²) in [6.45, 7) is 5.29. The van der Waals surface area contributed by atoms with E-state index in [1.807, 2.05) is 19.1 Å². The number of hydrogen-bond acceptors (Lipinski definition) is 4. The summed E-state index contributed by atoms with van der Waals surface area (Å²) in [4.78, 5) is 15.2. The number of ether oxygens (including phenoxy) is 1. The number of benzene rings is 1. The van der Waals surface area contributed by atoms with Crippen molar-refractivity contribution in [2.75, 3.05) is 33.3 Å². The first-order chi connectivity index (χ1) is 13.0. The van der Waals surface area contributed by atoms with Gasteiger partial charge in [-0.1, -0.05) is 38.3 Å². The molecule has 27 heavy (non-hydrogen) atoms. The molecular formula is C23H36N2O2. The van der Waals surface area contributed by atoms with E-state index in [0.29, 0.717) is 25.4 Å². The van der Waals surface area contributed by atoms with Crippen molar-refractivity contribution < 1.29 is 9.53 Å². The minimum absolute atomic E-state index is 0.124. The van der Waals surface area contributed by atoms with Gasteiger partial charge in [0.2, 0.25) is 0 Å². The molecule has 1 heterocycles. The van der Waals surface area contributed by atoms with Gasteiger partial charge >= 0.3 is 0 Å². The molecule has 0 radical (unpaired) electrons. The van der Waals surface area contributed by atoms with Crippen molar-refractivity contribution in [1.82, 2.24) is 4.90 Å². The molecule has 4 nitrogen and oxygen atoms in total. The van der Waals surface area contributed by atoms with Gasteiger partial charge in [0, 0.05) is 18.4 Å². The second-order valence-electron chi connectivity index (χ2n) is 8.74. The lowest BCUT2D eigenvalue weighted by molar-refractivity contribution is -0.126. The number of ketones is 1. The number of hydrogen-bond donors (Lipinski definition) is 1. The van der Waals surface area contributed by atoms with E-state index in [2.05, 4.69) is 24.1 Å². The van der Waals surface area contributed by atoms with Crippen LogP contribution in [0.25, 0.3) is 0 Å². The molecule has 0 spiro atoms. The quantitative estimate of drug-likeness (QED) is 0.788. The van der Waals surface area contributed by atoms with Gasteiger partial charge in [-0.25, -0.2) is 0 Å². The van der Waals surface area contributed by atoms with Crippen molar-refractivity contribution in [2.45, 2.75) is 63.7 Å². The number of likely N-dealkylation sites (tertiary alicyclic amines) is 1. The zero-order chi connectivity index (χ0) is 19.3. The fourth-order valence-corrected chi connectivity index (χ4v) is 4.90. The highest BCUT2D eigenvalue weighted by atomic mass is 16.5. The van der Waals surface area contributed by atoms with Crippen LogP contribution in [0, 0.1) is 5.41 Å². The third-order valence-electron chi connectivity index (χ3n) is 6.97. The van der Waals surface area contributed by atoms with Gasteiger partial charge in [-0.15, -0.1) is 0 Å². The van der Waals surface area contributed by atoms with Crippen LogP contribution in [0.5, 0.6) is 5.75 Å². The molecule has 2 N–H and O–H groups in total. The molecule has 0 bridgehead atoms. The first kappa shape index (κ1) is 20.3. The van der Waals surface area contributed by atoms with Gasteiger partial charge in [0.25, 0.3) is 0 Å². The number of nitrogens with two attached hydrogens (primary N) is 1. The van der Waals surface area contributed by atoms with Crippen LogP contribution < -0.4 is 10.5 Å². The zero-order valence-corrected chi connectivity index (χ0v) is 17.1. The Bertz CT molecular complexity index is 629. The van der Waals surface area contributed by atoms with Gasteiger partial charge in [-0.2, -0.15) is 0 Å². The van der Waals surface area contributed by atoms with Crippen LogP contribution in [0.15, 0.2) is 24.3 Å². The molecule has 2 fully saturated rings. The molecule has 0 unspecified atom stereocenters. The van der Waals surface area contributed by atoms with Crippen LogP contribution >= 0.6 is 0 Å². The van der Waals surface area contributed by atoms with E-state index in [1.165, 1.54) is 19.3 Å². The van der Waals surface area contributed by atoms with Crippen LogP contribution in [0.2, 0.25) is 0 Å². The molecule has 1 aliphatic heterocycles. The summed E-state index contributed by atoms with van der Waals surface area (Å²) >= 11 is 0. The molecule has 0 amide bonds. The van der Waals surface area contributed by atoms with Gasteiger partial charge in [0.05, 0.1) is 12.0 Å². The summed E-state index contributed by atoms with van der Waals surface area (Å²) in [5.74, 6) is 1.24. The van der Waals surface area contributed by atoms with E-state index in [-0.39, 0.29) is 10.8 Å². The maximum absolute atomic E-state index is 12.9. The first-order valence-electron chi connectivity index (χ1n) is 10.7. The minimum Gasteiger partial charge on any atom is -0.493 e. The van der Waals surface area contributed by atoms with Crippen LogP contribution in [-0.2, 0) is 10.2 Å². The zero-order valence-electron chi connectivity index (χ0n) is 17.1. The van der Waals surface area contributed by atoms with E-state index in [0.717, 1.165) is 50.1 Å². The molecule has 3 rings (SSSR count). The SMILES string of the molecule is CCC(=O)C1(c2cccc(OCC3(CN)CCCCC3)c2)CCN(C)CC1. The second-order valence-corrected chi connectivity index (χ2v) is 8.74. The summed E-state index contributed by atoms with van der Waals surface area (Å²) in [5, 5.41) is 0. The van der Waals surface area contributed by atoms with Crippen molar-refractivity contribution in [3.8, 4) is 5.75 Å². The van der Waals surface area contributed by atoms with Crippen molar-refractivity contribution in [2.24, 2.45) is 11.1 Å². The van der Waals surface area contributed by atoms with Gasteiger partial charge in [-0.05, 0) is 63.5 Å². The predicted molar refractivity (Wildman–Crippen MR) is 110 cm³/mol. The lowest BCUT2D eigenvalue weighted by Gasteiger charge is -2.40. The van der Waals surface area contributed by atoms with Crippen molar-refractivity contribution >= 4 is 5.78 Å². The van der Waals surface area contributed by atoms with Gasteiger partial charge in [0.1, 0.15) is 11.5 Å². The van der Waals surface area contributed by atoms with Gasteiger partial charge in [-0.3, -0.25) is 4.79 Å². The fourth-order valence-electron chi connectivity index (χ4n) is 4.90. The minimum atomic E-state index is -0.350. The van der Waals surface area contributed by atoms with E-state index in [9.17, 15) is 4.79 Å². The Hall–Kier alpha value is -1.39. The van der Waals surface area contributed by atoms with Crippen LogP contribution in [0.4, 0.5) is 0 Å². The average Bonchev–Trinajstić information content (AvgIpc) is 2.73. The third kappa shape index (κ3) is 4.38. The highest BCUT2D eigenvalue weighted by molar-refractivity contribution is 5.90. The number of nitrogens with zero attached hydrogens (tertiary/aromatic N) is 1. The molecular weight excluding hydrogens is 336 g/mol. The Labute approximate surface area is 164 Å². The molecule has 1 aromatic carbocycles. The second kappa shape index (κ2) is 8.74. The Balaban J connectivity index is 1.78. The Morgan fingerprint density at radius 2 is 1.85 bits per heavy atom. The molecule has 1 saturated carbocycles. The smallest absolute Gasteiger partial charge is 0.143 e. The lowest BCUT2D eigenvalue weighted by Crippen LogP contribution is -2.46. The lowest BCUT2D eigenvalue weighted by atomic mass is 9.69. The molecule has 1 saturated heterocycles. The number of carbonyl (C=O) groups is 1. The molecule has 0 atom stereocenters. The summed E-state index contributed by atoms with van der Waals surface area (Å²) in [6, 6.07) is 8.30. The molecule has 150 valence electrons. The third-order valence-corrected chi connectivity index (χ3v) is 6.97. The van der Waals surface area contributed by atoms with E-state index < -0.39 is 0 Å². The standard InChI is InChI=1S/C23H36N2O2/c1-3-21(26)23(12-14-25(2)15-13-23)19-8-7-9-20(16-19)27-18-22(17-24)10-5-4-6-11-22/h7-9,16H,3-6,10-15,17-18,24H2,1-2H3. The number of carbonyl (C=O) groups excluding carboxylic acids is 1. The maximum atomic E-state index is 12.9. The molecule has 1 aliphatic carbocycles. The molecule has 2 aliphatic rings. The maximum Gasteiger partial charge on any atom is 0.143 e. The predicted octanol–water partition coefficient (Wildman–Crippen LogP) is 3.92. The fraction of sp³-hybridized carbons (Fsp3) is 0.696. The Morgan fingerprint density at radius 1 is 1.15 bits per heavy atom. The summed E-state index contributed by atoms with van der Waals surface area (Å²) < 4.78 is 6.25. The molecule has 4 heteroatoms. The van der Waals surface area contributed by atoms with Crippen LogP contribution in [-0.4, -0.2) is 44.0 Å². The molecule has 1 aromatic rings. The van der Waals surface area contributed by atoms with Gasteiger partial charge < -0.3 is 15.4 Å². The van der Waals surface area contributed by atoms with E-state index in [4.69, 9.17) is 10.5 Å². The number of Topliss-reactive ketones (excluding diaryl/α,β-unsaturated/α-hetero) is 1. The van der Waals surface area contributed by atoms with E-state index in [1.54, 1.807) is 0 Å². The normalized spacial score (nSPS) is 22.3. The van der Waals surface area contributed by atoms with Crippen molar-refractivity contribution in [3.05, 3.63) is 29.8 Å². The van der Waals surface area contributed by atoms with Gasteiger partial charge in [0.15, 0.2) is 0 Å². The van der Waals surface area contributed by atoms with E-state index >= 15 is 0 Å². The van der Waals surface area contributed by atoms with Crippen LogP contribution in [0.3, 0.4) is 0 Å². The highest BCUT2D eigenvalue weighted by Gasteiger charge is 2.41. The Kier molecular flexibility index (Phi) is 6.59. The van der Waals surface area contributed by atoms with Crippen molar-refractivity contribution in [3.63, 3.8) is 0 Å². The first-order valence-corrected chi connectivity index (χ1v) is 10.7. The van der Waals surface area contributed by atoms with Crippen molar-refractivity contribution in [1.29, 1.82) is 0 Å². The monoisotopic (exact) mass is 372 g/mol. The number of rotatable bonds is 7. The Morgan fingerprint density at radius 3 is 2.48 bits per heavy atom. The summed E-state index contributed by atoms with van der Waals surface area (Å²) in [6.07, 6.45) is 8.52. The highest BCUT2D eigenvalue weighted by Crippen LogP contribution is 2.39. The topological polar surface area (TPSA) is 55.6 Å². The number of piperidine rings is 1. The van der Waals surface area contributed by atoms with Crippen LogP contribution in [0.1, 0.15) is 63.9 Å². The summed E-state index contributed by atoms with van der Waals surface area (Å²) in [5.41, 5.74) is 7.02.